The van der Waals surface area contributed by atoms with E-state index in [1.807, 2.05) is 44.2 Å². The Morgan fingerprint density at radius 2 is 1.92 bits per heavy atom. The molecule has 0 saturated heterocycles. The summed E-state index contributed by atoms with van der Waals surface area (Å²) < 4.78 is 29.3. The van der Waals surface area contributed by atoms with Crippen molar-refractivity contribution in [1.82, 2.24) is 19.0 Å². The minimum absolute atomic E-state index is 0.265. The van der Waals surface area contributed by atoms with Gasteiger partial charge >= 0.3 is 0 Å². The number of hydrogen-bond acceptors (Lipinski definition) is 4. The topological polar surface area (TPSA) is 75.2 Å². The van der Waals surface area contributed by atoms with Gasteiger partial charge in [-0.1, -0.05) is 44.2 Å². The molecular weight excluding hydrogens is 336 g/mol. The molecule has 0 amide bonds. The molecule has 1 heterocycles. The van der Waals surface area contributed by atoms with Crippen molar-refractivity contribution in [3.8, 4) is 11.4 Å². The summed E-state index contributed by atoms with van der Waals surface area (Å²) in [5, 5.41) is 0. The Balaban J connectivity index is 1.88. The summed E-state index contributed by atoms with van der Waals surface area (Å²) in [6, 6.07) is 9.56. The Bertz CT molecular complexity index is 820. The smallest absolute Gasteiger partial charge is 0.236 e. The molecule has 0 aliphatic heterocycles. The van der Waals surface area contributed by atoms with Gasteiger partial charge in [-0.15, -0.1) is 0 Å². The highest BCUT2D eigenvalue weighted by Crippen LogP contribution is 2.30. The lowest BCUT2D eigenvalue weighted by molar-refractivity contribution is 0.416. The quantitative estimate of drug-likeness (QED) is 0.859. The maximum Gasteiger partial charge on any atom is 0.279 e. The summed E-state index contributed by atoms with van der Waals surface area (Å²) in [5.74, 6) is 0.687. The van der Waals surface area contributed by atoms with Crippen molar-refractivity contribution in [2.24, 2.45) is 0 Å². The molecule has 0 saturated carbocycles. The molecule has 0 unspecified atom stereocenters. The molecule has 6 nitrogen and oxygen atoms in total. The number of aryl methyl sites for hydroxylation is 1. The van der Waals surface area contributed by atoms with E-state index in [1.165, 1.54) is 4.31 Å². The third-order valence-corrected chi connectivity index (χ3v) is 6.33. The number of nitrogens with zero attached hydrogens (tertiary/aromatic N) is 3. The maximum absolute atomic E-state index is 12.5. The van der Waals surface area contributed by atoms with Crippen LogP contribution in [0.3, 0.4) is 0 Å². The SMILES string of the molecule is CCN(CC)S(=O)(=O)N[C@H]1CCCc2nc(-c3ccccc3)ncc21. The van der Waals surface area contributed by atoms with E-state index >= 15 is 0 Å². The van der Waals surface area contributed by atoms with Crippen LogP contribution in [0.4, 0.5) is 0 Å². The second-order valence-corrected chi connectivity index (χ2v) is 7.82. The van der Waals surface area contributed by atoms with Crippen molar-refractivity contribution < 1.29 is 8.42 Å². The summed E-state index contributed by atoms with van der Waals surface area (Å²) in [6.45, 7) is 4.59. The Kier molecular flexibility index (Phi) is 5.46. The zero-order chi connectivity index (χ0) is 17.9. The molecule has 0 bridgehead atoms. The molecular formula is C18H24N4O2S. The molecule has 1 N–H and O–H groups in total. The first-order valence-electron chi connectivity index (χ1n) is 8.73. The lowest BCUT2D eigenvalue weighted by atomic mass is 9.93. The highest BCUT2D eigenvalue weighted by Gasteiger charge is 2.28. The predicted molar refractivity (Wildman–Crippen MR) is 98.1 cm³/mol. The van der Waals surface area contributed by atoms with Gasteiger partial charge in [0.15, 0.2) is 5.82 Å². The van der Waals surface area contributed by atoms with Gasteiger partial charge in [-0.3, -0.25) is 0 Å². The molecule has 0 radical (unpaired) electrons. The molecule has 134 valence electrons. The fourth-order valence-corrected chi connectivity index (χ4v) is 4.65. The van der Waals surface area contributed by atoms with Gasteiger partial charge in [0.05, 0.1) is 6.04 Å². The van der Waals surface area contributed by atoms with Gasteiger partial charge in [0.1, 0.15) is 0 Å². The molecule has 25 heavy (non-hydrogen) atoms. The molecule has 1 atom stereocenters. The van der Waals surface area contributed by atoms with Crippen molar-refractivity contribution in [3.63, 3.8) is 0 Å². The molecule has 7 heteroatoms. The van der Waals surface area contributed by atoms with Crippen LogP contribution in [-0.4, -0.2) is 35.8 Å². The average Bonchev–Trinajstić information content (AvgIpc) is 2.63. The lowest BCUT2D eigenvalue weighted by Crippen LogP contribution is -2.43. The lowest BCUT2D eigenvalue weighted by Gasteiger charge is -2.28. The van der Waals surface area contributed by atoms with Gasteiger partial charge in [-0.25, -0.2) is 9.97 Å². The predicted octanol–water partition coefficient (Wildman–Crippen LogP) is 2.70. The fraction of sp³-hybridized carbons (Fsp3) is 0.444. The van der Waals surface area contributed by atoms with E-state index in [0.29, 0.717) is 18.9 Å². The van der Waals surface area contributed by atoms with E-state index in [9.17, 15) is 8.42 Å². The molecule has 2 aromatic rings. The van der Waals surface area contributed by atoms with E-state index in [4.69, 9.17) is 0 Å². The molecule has 3 rings (SSSR count). The number of benzene rings is 1. The van der Waals surface area contributed by atoms with E-state index in [2.05, 4.69) is 14.7 Å². The molecule has 1 aliphatic carbocycles. The normalized spacial score (nSPS) is 17.5. The third kappa shape index (κ3) is 3.89. The van der Waals surface area contributed by atoms with Crippen LogP contribution in [0.15, 0.2) is 36.5 Å². The van der Waals surface area contributed by atoms with Gasteiger partial charge in [-0.2, -0.15) is 17.4 Å². The zero-order valence-corrected chi connectivity index (χ0v) is 15.5. The Morgan fingerprint density at radius 3 is 2.60 bits per heavy atom. The first-order chi connectivity index (χ1) is 12.0. The molecule has 1 aromatic heterocycles. The monoisotopic (exact) mass is 360 g/mol. The standard InChI is InChI=1S/C18H24N4O2S/c1-3-22(4-2)25(23,24)21-17-12-8-11-16-15(17)13-19-18(20-16)14-9-6-5-7-10-14/h5-7,9-10,13,17,21H,3-4,8,11-12H2,1-2H3/t17-/m0/s1. The van der Waals surface area contributed by atoms with Crippen LogP contribution < -0.4 is 4.72 Å². The van der Waals surface area contributed by atoms with Crippen molar-refractivity contribution in [1.29, 1.82) is 0 Å². The van der Waals surface area contributed by atoms with Crippen molar-refractivity contribution >= 4 is 10.2 Å². The number of rotatable bonds is 6. The highest BCUT2D eigenvalue weighted by atomic mass is 32.2. The Morgan fingerprint density at radius 1 is 1.20 bits per heavy atom. The van der Waals surface area contributed by atoms with Crippen LogP contribution in [0, 0.1) is 0 Å². The summed E-state index contributed by atoms with van der Waals surface area (Å²) in [5.41, 5.74) is 2.80. The van der Waals surface area contributed by atoms with Crippen molar-refractivity contribution in [3.05, 3.63) is 47.8 Å². The maximum atomic E-state index is 12.5. The fourth-order valence-electron chi connectivity index (χ4n) is 3.21. The van der Waals surface area contributed by atoms with Gasteiger partial charge in [0.25, 0.3) is 10.2 Å². The summed E-state index contributed by atoms with van der Waals surface area (Å²) >= 11 is 0. The second-order valence-electron chi connectivity index (χ2n) is 6.11. The van der Waals surface area contributed by atoms with Crippen LogP contribution >= 0.6 is 0 Å². The van der Waals surface area contributed by atoms with E-state index in [-0.39, 0.29) is 6.04 Å². The number of hydrogen-bond donors (Lipinski definition) is 1. The van der Waals surface area contributed by atoms with Crippen LogP contribution in [0.1, 0.15) is 44.0 Å². The highest BCUT2D eigenvalue weighted by molar-refractivity contribution is 7.87. The molecule has 1 aromatic carbocycles. The van der Waals surface area contributed by atoms with Crippen LogP contribution in [0.25, 0.3) is 11.4 Å². The Hall–Kier alpha value is -1.83. The zero-order valence-electron chi connectivity index (χ0n) is 14.6. The second kappa shape index (κ2) is 7.59. The van der Waals surface area contributed by atoms with Gasteiger partial charge in [0.2, 0.25) is 0 Å². The van der Waals surface area contributed by atoms with Crippen LogP contribution in [-0.2, 0) is 16.6 Å². The molecule has 0 spiro atoms. The van der Waals surface area contributed by atoms with Crippen molar-refractivity contribution in [2.45, 2.75) is 39.2 Å². The average molecular weight is 360 g/mol. The first kappa shape index (κ1) is 18.0. The molecule has 0 fully saturated rings. The summed E-state index contributed by atoms with van der Waals surface area (Å²) in [7, 11) is -3.50. The van der Waals surface area contributed by atoms with Crippen LogP contribution in [0.2, 0.25) is 0 Å². The van der Waals surface area contributed by atoms with E-state index in [0.717, 1.165) is 36.1 Å². The van der Waals surface area contributed by atoms with E-state index < -0.39 is 10.2 Å². The van der Waals surface area contributed by atoms with Gasteiger partial charge in [-0.05, 0) is 19.3 Å². The number of nitrogens with one attached hydrogen (secondary N) is 1. The summed E-state index contributed by atoms with van der Waals surface area (Å²) in [6.07, 6.45) is 4.30. The Labute approximate surface area is 149 Å². The minimum Gasteiger partial charge on any atom is -0.236 e. The largest absolute Gasteiger partial charge is 0.279 e. The molecule has 1 aliphatic rings. The number of aromatic nitrogens is 2. The first-order valence-corrected chi connectivity index (χ1v) is 10.2. The van der Waals surface area contributed by atoms with Crippen molar-refractivity contribution in [2.75, 3.05) is 13.1 Å². The minimum atomic E-state index is -3.50. The third-order valence-electron chi connectivity index (χ3n) is 4.55. The number of fused-ring (bicyclic) bond motifs is 1. The van der Waals surface area contributed by atoms with Gasteiger partial charge in [0, 0.05) is 36.1 Å². The van der Waals surface area contributed by atoms with E-state index in [1.54, 1.807) is 6.20 Å². The van der Waals surface area contributed by atoms with Crippen LogP contribution in [0.5, 0.6) is 0 Å². The van der Waals surface area contributed by atoms with Gasteiger partial charge < -0.3 is 0 Å². The summed E-state index contributed by atoms with van der Waals surface area (Å²) in [4.78, 5) is 9.16.